The molecule has 110 valence electrons. The van der Waals surface area contributed by atoms with E-state index in [1.807, 2.05) is 28.9 Å². The minimum atomic E-state index is 0.518. The van der Waals surface area contributed by atoms with Crippen LogP contribution in [0.15, 0.2) is 47.7 Å². The average molecular weight is 312 g/mol. The van der Waals surface area contributed by atoms with Crippen molar-refractivity contribution in [1.29, 1.82) is 0 Å². The van der Waals surface area contributed by atoms with Gasteiger partial charge in [-0.2, -0.15) is 5.10 Å². The van der Waals surface area contributed by atoms with Crippen molar-refractivity contribution in [2.24, 2.45) is 4.99 Å². The van der Waals surface area contributed by atoms with Gasteiger partial charge in [0.15, 0.2) is 5.15 Å². The first-order valence-electron chi connectivity index (χ1n) is 7.15. The maximum atomic E-state index is 6.32. The molecule has 0 unspecified atom stereocenters. The fourth-order valence-electron chi connectivity index (χ4n) is 2.77. The molecule has 0 fully saturated rings. The molecular weight excluding hydrogens is 298 g/mol. The Morgan fingerprint density at radius 3 is 2.82 bits per heavy atom. The minimum Gasteiger partial charge on any atom is -0.370 e. The maximum Gasteiger partial charge on any atom is 0.158 e. The Kier molecular flexibility index (Phi) is 3.27. The number of amidine groups is 1. The van der Waals surface area contributed by atoms with Gasteiger partial charge in [-0.3, -0.25) is 14.7 Å². The number of rotatable bonds is 3. The van der Waals surface area contributed by atoms with Crippen LogP contribution in [0.5, 0.6) is 0 Å². The highest BCUT2D eigenvalue weighted by atomic mass is 35.5. The molecule has 0 saturated heterocycles. The summed E-state index contributed by atoms with van der Waals surface area (Å²) in [5, 5.41) is 9.23. The summed E-state index contributed by atoms with van der Waals surface area (Å²) in [6.07, 6.45) is 3.58. The fourth-order valence-corrected chi connectivity index (χ4v) is 3.02. The van der Waals surface area contributed by atoms with Gasteiger partial charge in [0.1, 0.15) is 5.84 Å². The van der Waals surface area contributed by atoms with Crippen LogP contribution in [0.3, 0.4) is 0 Å². The Morgan fingerprint density at radius 1 is 1.18 bits per heavy atom. The molecule has 1 N–H and O–H groups in total. The summed E-state index contributed by atoms with van der Waals surface area (Å²) < 4.78 is 1.92. The topological polar surface area (TPSA) is 55.1 Å². The van der Waals surface area contributed by atoms with Gasteiger partial charge in [-0.25, -0.2) is 0 Å². The molecule has 0 atom stereocenters. The van der Waals surface area contributed by atoms with E-state index < -0.39 is 0 Å². The lowest BCUT2D eigenvalue weighted by molar-refractivity contribution is 0.739. The van der Waals surface area contributed by atoms with Gasteiger partial charge in [-0.1, -0.05) is 23.7 Å². The van der Waals surface area contributed by atoms with Crippen LogP contribution in [0.4, 0.5) is 0 Å². The van der Waals surface area contributed by atoms with Crippen LogP contribution in [-0.4, -0.2) is 33.7 Å². The lowest BCUT2D eigenvalue weighted by atomic mass is 10.0. The second-order valence-corrected chi connectivity index (χ2v) is 5.50. The predicted molar refractivity (Wildman–Crippen MR) is 88.3 cm³/mol. The van der Waals surface area contributed by atoms with Crippen molar-refractivity contribution in [3.05, 3.63) is 47.9 Å². The molecule has 1 aliphatic heterocycles. The molecule has 4 rings (SSSR count). The highest BCUT2D eigenvalue weighted by Crippen LogP contribution is 2.32. The molecule has 0 radical (unpaired) electrons. The van der Waals surface area contributed by atoms with Crippen LogP contribution in [0.2, 0.25) is 5.15 Å². The van der Waals surface area contributed by atoms with E-state index in [4.69, 9.17) is 11.6 Å². The Morgan fingerprint density at radius 2 is 2.05 bits per heavy atom. The van der Waals surface area contributed by atoms with E-state index in [2.05, 4.69) is 26.5 Å². The van der Waals surface area contributed by atoms with E-state index in [-0.39, 0.29) is 0 Å². The molecule has 0 saturated carbocycles. The highest BCUT2D eigenvalue weighted by Gasteiger charge is 2.16. The van der Waals surface area contributed by atoms with E-state index in [9.17, 15) is 0 Å². The first kappa shape index (κ1) is 13.3. The molecule has 3 heterocycles. The van der Waals surface area contributed by atoms with E-state index in [1.54, 1.807) is 12.4 Å². The van der Waals surface area contributed by atoms with Crippen LogP contribution in [0, 0.1) is 0 Å². The van der Waals surface area contributed by atoms with Crippen molar-refractivity contribution in [2.45, 2.75) is 6.54 Å². The maximum absolute atomic E-state index is 6.32. The molecule has 0 bridgehead atoms. The summed E-state index contributed by atoms with van der Waals surface area (Å²) >= 11 is 6.32. The molecule has 3 aromatic rings. The Labute approximate surface area is 132 Å². The number of nitrogens with zero attached hydrogens (tertiary/aromatic N) is 4. The summed E-state index contributed by atoms with van der Waals surface area (Å²) in [6, 6.07) is 10.1. The van der Waals surface area contributed by atoms with Crippen molar-refractivity contribution in [3.63, 3.8) is 0 Å². The number of aromatic nitrogens is 3. The van der Waals surface area contributed by atoms with Crippen molar-refractivity contribution >= 4 is 28.3 Å². The van der Waals surface area contributed by atoms with E-state index in [0.29, 0.717) is 11.7 Å². The van der Waals surface area contributed by atoms with Gasteiger partial charge in [0, 0.05) is 29.9 Å². The number of hydrogen-bond donors (Lipinski definition) is 1. The van der Waals surface area contributed by atoms with Crippen molar-refractivity contribution in [2.75, 3.05) is 13.1 Å². The molecular formula is C16H14ClN5. The first-order chi connectivity index (χ1) is 10.8. The van der Waals surface area contributed by atoms with Gasteiger partial charge in [-0.15, -0.1) is 0 Å². The summed E-state index contributed by atoms with van der Waals surface area (Å²) in [4.78, 5) is 8.53. The molecule has 22 heavy (non-hydrogen) atoms. The third-order valence-corrected chi connectivity index (χ3v) is 4.04. The number of nitrogens with one attached hydrogen (secondary N) is 1. The highest BCUT2D eigenvalue weighted by molar-refractivity contribution is 6.34. The number of halogens is 1. The zero-order valence-corrected chi connectivity index (χ0v) is 12.6. The second-order valence-electron chi connectivity index (χ2n) is 5.14. The molecule has 1 aliphatic rings. The van der Waals surface area contributed by atoms with Crippen molar-refractivity contribution in [3.8, 4) is 11.1 Å². The quantitative estimate of drug-likeness (QED) is 0.809. The summed E-state index contributed by atoms with van der Waals surface area (Å²) in [5.41, 5.74) is 3.22. The monoisotopic (exact) mass is 311 g/mol. The predicted octanol–water partition coefficient (Wildman–Crippen LogP) is 2.75. The third kappa shape index (κ3) is 2.23. The van der Waals surface area contributed by atoms with Crippen molar-refractivity contribution in [1.82, 2.24) is 20.1 Å². The summed E-state index contributed by atoms with van der Waals surface area (Å²) in [7, 11) is 0. The molecule has 2 aromatic heterocycles. The molecule has 0 spiro atoms. The van der Waals surface area contributed by atoms with Gasteiger partial charge < -0.3 is 5.32 Å². The number of aliphatic imine (C=N–C) groups is 1. The SMILES string of the molecule is Clc1nn(CC2=NCCN2)c2c(-c3ccncc3)cccc12. The number of benzene rings is 1. The molecule has 0 aliphatic carbocycles. The Hall–Kier alpha value is -2.40. The van der Waals surface area contributed by atoms with Crippen LogP contribution in [-0.2, 0) is 6.54 Å². The van der Waals surface area contributed by atoms with E-state index in [1.165, 1.54) is 0 Å². The van der Waals surface area contributed by atoms with Crippen LogP contribution in [0.25, 0.3) is 22.0 Å². The zero-order chi connectivity index (χ0) is 14.9. The molecule has 5 nitrogen and oxygen atoms in total. The van der Waals surface area contributed by atoms with Gasteiger partial charge in [0.25, 0.3) is 0 Å². The van der Waals surface area contributed by atoms with Crippen molar-refractivity contribution < 1.29 is 0 Å². The van der Waals surface area contributed by atoms with Gasteiger partial charge in [-0.05, 0) is 23.8 Å². The number of hydrogen-bond acceptors (Lipinski definition) is 4. The zero-order valence-electron chi connectivity index (χ0n) is 11.8. The summed E-state index contributed by atoms with van der Waals surface area (Å²) in [6.45, 7) is 2.31. The van der Waals surface area contributed by atoms with Crippen LogP contribution >= 0.6 is 11.6 Å². The molecule has 6 heteroatoms. The van der Waals surface area contributed by atoms with E-state index >= 15 is 0 Å². The fraction of sp³-hybridized carbons (Fsp3) is 0.188. The van der Waals surface area contributed by atoms with E-state index in [0.717, 1.165) is 41.0 Å². The normalized spacial score (nSPS) is 14.1. The first-order valence-corrected chi connectivity index (χ1v) is 7.53. The van der Waals surface area contributed by atoms with Gasteiger partial charge >= 0.3 is 0 Å². The van der Waals surface area contributed by atoms with Gasteiger partial charge in [0.2, 0.25) is 0 Å². The number of para-hydroxylation sites is 1. The van der Waals surface area contributed by atoms with Crippen LogP contribution in [0.1, 0.15) is 0 Å². The second kappa shape index (κ2) is 5.42. The van der Waals surface area contributed by atoms with Crippen LogP contribution < -0.4 is 5.32 Å². The lowest BCUT2D eigenvalue weighted by Crippen LogP contribution is -2.24. The third-order valence-electron chi connectivity index (χ3n) is 3.76. The Balaban J connectivity index is 1.90. The Bertz CT molecular complexity index is 854. The molecule has 0 amide bonds. The average Bonchev–Trinajstić information content (AvgIpc) is 3.17. The summed E-state index contributed by atoms with van der Waals surface area (Å²) in [5.74, 6) is 0.950. The van der Waals surface area contributed by atoms with Gasteiger partial charge in [0.05, 0.1) is 18.6 Å². The number of fused-ring (bicyclic) bond motifs is 1. The minimum absolute atomic E-state index is 0.518. The lowest BCUT2D eigenvalue weighted by Gasteiger charge is -2.08. The number of pyridine rings is 1. The smallest absolute Gasteiger partial charge is 0.158 e. The molecule has 1 aromatic carbocycles. The standard InChI is InChI=1S/C16H14ClN5/c17-16-13-3-1-2-12(11-4-6-18-7-5-11)15(13)22(21-16)10-14-19-8-9-20-14/h1-7H,8-10H2,(H,19,20). The largest absolute Gasteiger partial charge is 0.370 e.